The highest BCUT2D eigenvalue weighted by atomic mass is 35.5. The third-order valence-electron chi connectivity index (χ3n) is 3.58. The first-order valence-electron chi connectivity index (χ1n) is 7.08. The van der Waals surface area contributed by atoms with Crippen LogP contribution < -0.4 is 0 Å². The molecule has 108 valence electrons. The van der Waals surface area contributed by atoms with Gasteiger partial charge in [-0.3, -0.25) is 0 Å². The van der Waals surface area contributed by atoms with Crippen LogP contribution in [0.25, 0.3) is 5.82 Å². The quantitative estimate of drug-likeness (QED) is 0.806. The van der Waals surface area contributed by atoms with Crippen molar-refractivity contribution in [1.82, 2.24) is 19.7 Å². The summed E-state index contributed by atoms with van der Waals surface area (Å²) in [5.41, 5.74) is 4.33. The molecule has 0 saturated carbocycles. The van der Waals surface area contributed by atoms with Crippen molar-refractivity contribution in [3.8, 4) is 5.82 Å². The molecule has 0 spiro atoms. The van der Waals surface area contributed by atoms with E-state index in [0.29, 0.717) is 5.15 Å². The number of nitrogens with zero attached hydrogens (tertiary/aromatic N) is 4. The highest BCUT2D eigenvalue weighted by Crippen LogP contribution is 2.23. The predicted molar refractivity (Wildman–Crippen MR) is 81.7 cm³/mol. The van der Waals surface area contributed by atoms with Gasteiger partial charge in [-0.25, -0.2) is 14.6 Å². The summed E-state index contributed by atoms with van der Waals surface area (Å²) in [6.07, 6.45) is 2.79. The Morgan fingerprint density at radius 1 is 1.10 bits per heavy atom. The molecule has 20 heavy (non-hydrogen) atoms. The largest absolute Gasteiger partial charge is 0.221 e. The van der Waals surface area contributed by atoms with Gasteiger partial charge in [0.05, 0.1) is 5.69 Å². The first-order chi connectivity index (χ1) is 9.49. The molecular weight excluding hydrogens is 272 g/mol. The Hall–Kier alpha value is -1.42. The standard InChI is InChI=1S/C15H21ClN4/c1-6-8-13-17-14(16)9(3)15(18-13)20-11(5)12(7-2)10(4)19-20/h6-8H2,1-5H3. The van der Waals surface area contributed by atoms with E-state index in [1.54, 1.807) is 0 Å². The number of halogens is 1. The summed E-state index contributed by atoms with van der Waals surface area (Å²) in [4.78, 5) is 8.99. The van der Waals surface area contributed by atoms with E-state index >= 15 is 0 Å². The first-order valence-corrected chi connectivity index (χ1v) is 7.45. The van der Waals surface area contributed by atoms with Gasteiger partial charge in [-0.2, -0.15) is 5.10 Å². The van der Waals surface area contributed by atoms with Crippen LogP contribution in [0.1, 0.15) is 48.6 Å². The molecule has 0 fully saturated rings. The SMILES string of the molecule is CCCc1nc(Cl)c(C)c(-n2nc(C)c(CC)c2C)n1. The fourth-order valence-electron chi connectivity index (χ4n) is 2.46. The lowest BCUT2D eigenvalue weighted by atomic mass is 10.1. The Bertz CT molecular complexity index is 631. The van der Waals surface area contributed by atoms with Crippen molar-refractivity contribution in [2.45, 2.75) is 53.9 Å². The molecule has 0 aliphatic carbocycles. The molecule has 2 aromatic rings. The molecule has 0 atom stereocenters. The number of hydrogen-bond acceptors (Lipinski definition) is 3. The van der Waals surface area contributed by atoms with Gasteiger partial charge in [0, 0.05) is 17.7 Å². The molecule has 0 N–H and O–H groups in total. The van der Waals surface area contributed by atoms with Gasteiger partial charge < -0.3 is 0 Å². The third kappa shape index (κ3) is 2.57. The molecule has 0 amide bonds. The molecule has 5 heteroatoms. The Morgan fingerprint density at radius 3 is 2.35 bits per heavy atom. The molecule has 0 unspecified atom stereocenters. The fraction of sp³-hybridized carbons (Fsp3) is 0.533. The molecule has 0 aliphatic heterocycles. The van der Waals surface area contributed by atoms with Gasteiger partial charge in [-0.1, -0.05) is 25.4 Å². The summed E-state index contributed by atoms with van der Waals surface area (Å²) >= 11 is 6.25. The molecule has 0 aliphatic rings. The number of aryl methyl sites for hydroxylation is 2. The van der Waals surface area contributed by atoms with Gasteiger partial charge in [0.1, 0.15) is 11.0 Å². The van der Waals surface area contributed by atoms with Gasteiger partial charge in [0.25, 0.3) is 0 Å². The van der Waals surface area contributed by atoms with Crippen molar-refractivity contribution < 1.29 is 0 Å². The van der Waals surface area contributed by atoms with E-state index in [2.05, 4.69) is 35.8 Å². The van der Waals surface area contributed by atoms with Crippen molar-refractivity contribution in [2.24, 2.45) is 0 Å². The van der Waals surface area contributed by atoms with Crippen LogP contribution >= 0.6 is 11.6 Å². The molecule has 4 nitrogen and oxygen atoms in total. The molecule has 0 radical (unpaired) electrons. The zero-order valence-corrected chi connectivity index (χ0v) is 13.5. The Morgan fingerprint density at radius 2 is 1.80 bits per heavy atom. The monoisotopic (exact) mass is 292 g/mol. The van der Waals surface area contributed by atoms with Gasteiger partial charge >= 0.3 is 0 Å². The van der Waals surface area contributed by atoms with E-state index in [1.165, 1.54) is 5.56 Å². The van der Waals surface area contributed by atoms with Crippen LogP contribution in [0.4, 0.5) is 0 Å². The zero-order chi connectivity index (χ0) is 14.9. The van der Waals surface area contributed by atoms with Crippen LogP contribution in [0, 0.1) is 20.8 Å². The molecule has 0 saturated heterocycles. The number of rotatable bonds is 4. The highest BCUT2D eigenvalue weighted by molar-refractivity contribution is 6.30. The van der Waals surface area contributed by atoms with Crippen LogP contribution in [0.3, 0.4) is 0 Å². The van der Waals surface area contributed by atoms with E-state index < -0.39 is 0 Å². The molecule has 2 aromatic heterocycles. The lowest BCUT2D eigenvalue weighted by molar-refractivity contribution is 0.757. The average Bonchev–Trinajstić information content (AvgIpc) is 2.69. The minimum atomic E-state index is 0.518. The van der Waals surface area contributed by atoms with E-state index in [-0.39, 0.29) is 0 Å². The maximum atomic E-state index is 6.25. The van der Waals surface area contributed by atoms with Crippen molar-refractivity contribution in [3.05, 3.63) is 33.5 Å². The first kappa shape index (κ1) is 15.0. The smallest absolute Gasteiger partial charge is 0.161 e. The summed E-state index contributed by atoms with van der Waals surface area (Å²) in [5.74, 6) is 1.58. The molecule has 2 heterocycles. The fourth-order valence-corrected chi connectivity index (χ4v) is 2.64. The predicted octanol–water partition coefficient (Wildman–Crippen LogP) is 3.76. The van der Waals surface area contributed by atoms with Crippen molar-refractivity contribution in [1.29, 1.82) is 0 Å². The Kier molecular flexibility index (Phi) is 4.43. The summed E-state index contributed by atoms with van der Waals surface area (Å²) in [6, 6.07) is 0. The lowest BCUT2D eigenvalue weighted by Gasteiger charge is -2.10. The van der Waals surface area contributed by atoms with Gasteiger partial charge in [-0.05, 0) is 39.2 Å². The Labute approximate surface area is 125 Å². The topological polar surface area (TPSA) is 43.6 Å². The van der Waals surface area contributed by atoms with Crippen LogP contribution in [-0.2, 0) is 12.8 Å². The third-order valence-corrected chi connectivity index (χ3v) is 3.94. The van der Waals surface area contributed by atoms with E-state index in [1.807, 2.05) is 18.5 Å². The molecule has 2 rings (SSSR count). The number of aromatic nitrogens is 4. The number of hydrogen-bond donors (Lipinski definition) is 0. The second kappa shape index (κ2) is 5.92. The second-order valence-corrected chi connectivity index (χ2v) is 5.40. The van der Waals surface area contributed by atoms with Crippen molar-refractivity contribution in [2.75, 3.05) is 0 Å². The van der Waals surface area contributed by atoms with Gasteiger partial charge in [0.2, 0.25) is 0 Å². The van der Waals surface area contributed by atoms with Crippen molar-refractivity contribution >= 4 is 11.6 Å². The molecule has 0 aromatic carbocycles. The second-order valence-electron chi connectivity index (χ2n) is 5.04. The maximum Gasteiger partial charge on any atom is 0.161 e. The van der Waals surface area contributed by atoms with E-state index in [9.17, 15) is 0 Å². The molecular formula is C15H21ClN4. The van der Waals surface area contributed by atoms with Crippen LogP contribution in [0.2, 0.25) is 5.15 Å². The molecule has 0 bridgehead atoms. The normalized spacial score (nSPS) is 11.1. The summed E-state index contributed by atoms with van der Waals surface area (Å²) < 4.78 is 1.90. The van der Waals surface area contributed by atoms with Crippen LogP contribution in [0.15, 0.2) is 0 Å². The van der Waals surface area contributed by atoms with E-state index in [4.69, 9.17) is 11.6 Å². The van der Waals surface area contributed by atoms with Gasteiger partial charge in [0.15, 0.2) is 5.82 Å². The van der Waals surface area contributed by atoms with E-state index in [0.717, 1.165) is 47.9 Å². The average molecular weight is 293 g/mol. The summed E-state index contributed by atoms with van der Waals surface area (Å²) in [7, 11) is 0. The van der Waals surface area contributed by atoms with Crippen LogP contribution in [0.5, 0.6) is 0 Å². The van der Waals surface area contributed by atoms with Gasteiger partial charge in [-0.15, -0.1) is 0 Å². The minimum absolute atomic E-state index is 0.518. The maximum absolute atomic E-state index is 6.25. The summed E-state index contributed by atoms with van der Waals surface area (Å²) in [5, 5.41) is 5.14. The van der Waals surface area contributed by atoms with Crippen LogP contribution in [-0.4, -0.2) is 19.7 Å². The highest BCUT2D eigenvalue weighted by Gasteiger charge is 2.16. The zero-order valence-electron chi connectivity index (χ0n) is 12.8. The lowest BCUT2D eigenvalue weighted by Crippen LogP contribution is -2.09. The van der Waals surface area contributed by atoms with Crippen molar-refractivity contribution in [3.63, 3.8) is 0 Å². The summed E-state index contributed by atoms with van der Waals surface area (Å²) in [6.45, 7) is 10.3. The Balaban J connectivity index is 2.62. The minimum Gasteiger partial charge on any atom is -0.221 e.